The van der Waals surface area contributed by atoms with Crippen LogP contribution < -0.4 is 5.73 Å². The Balaban J connectivity index is 2.63. The van der Waals surface area contributed by atoms with Crippen LogP contribution in [0.5, 0.6) is 0 Å². The average Bonchev–Trinajstić information content (AvgIpc) is 2.03. The van der Waals surface area contributed by atoms with E-state index in [9.17, 15) is 0 Å². The van der Waals surface area contributed by atoms with Crippen molar-refractivity contribution in [2.75, 3.05) is 13.1 Å². The fourth-order valence-electron chi connectivity index (χ4n) is 1.57. The van der Waals surface area contributed by atoms with Gasteiger partial charge in [-0.25, -0.2) is 0 Å². The highest BCUT2D eigenvalue weighted by atomic mass is 15.2. The van der Waals surface area contributed by atoms with Gasteiger partial charge in [-0.3, -0.25) is 5.41 Å². The van der Waals surface area contributed by atoms with Crippen LogP contribution in [0.25, 0.3) is 0 Å². The number of hydrogen-bond acceptors (Lipinski definition) is 1. The van der Waals surface area contributed by atoms with E-state index in [4.69, 9.17) is 11.1 Å². The van der Waals surface area contributed by atoms with Gasteiger partial charge in [0.15, 0.2) is 5.96 Å². The molecule has 3 N–H and O–H groups in total. The Hall–Kier alpha value is -0.990. The Morgan fingerprint density at radius 2 is 2.15 bits per heavy atom. The van der Waals surface area contributed by atoms with Gasteiger partial charge >= 0.3 is 0 Å². The number of hydrogen-bond donors (Lipinski definition) is 2. The first-order valence-corrected chi connectivity index (χ1v) is 4.70. The summed E-state index contributed by atoms with van der Waals surface area (Å²) in [6, 6.07) is 0. The SMILES string of the molecule is CC(C)(C)C1=CCN(C(=N)N)CC1. The van der Waals surface area contributed by atoms with E-state index in [0.717, 1.165) is 19.5 Å². The van der Waals surface area contributed by atoms with Crippen LogP contribution in [0.1, 0.15) is 27.2 Å². The maximum Gasteiger partial charge on any atom is 0.188 e. The lowest BCUT2D eigenvalue weighted by molar-refractivity contribution is 0.387. The summed E-state index contributed by atoms with van der Waals surface area (Å²) in [6.07, 6.45) is 3.23. The van der Waals surface area contributed by atoms with Gasteiger partial charge in [0, 0.05) is 13.1 Å². The average molecular weight is 181 g/mol. The van der Waals surface area contributed by atoms with Crippen molar-refractivity contribution in [1.29, 1.82) is 5.41 Å². The van der Waals surface area contributed by atoms with Crippen molar-refractivity contribution in [3.8, 4) is 0 Å². The molecule has 0 fully saturated rings. The number of guanidine groups is 1. The molecule has 1 rings (SSSR count). The Kier molecular flexibility index (Phi) is 2.64. The summed E-state index contributed by atoms with van der Waals surface area (Å²) in [5.41, 5.74) is 7.15. The lowest BCUT2D eigenvalue weighted by atomic mass is 9.83. The van der Waals surface area contributed by atoms with Gasteiger partial charge in [0.2, 0.25) is 0 Å². The third-order valence-corrected chi connectivity index (χ3v) is 2.51. The lowest BCUT2D eigenvalue weighted by Gasteiger charge is -2.32. The highest BCUT2D eigenvalue weighted by Gasteiger charge is 2.21. The van der Waals surface area contributed by atoms with E-state index in [2.05, 4.69) is 26.8 Å². The van der Waals surface area contributed by atoms with Crippen molar-refractivity contribution in [3.63, 3.8) is 0 Å². The monoisotopic (exact) mass is 181 g/mol. The Morgan fingerprint density at radius 3 is 2.46 bits per heavy atom. The fraction of sp³-hybridized carbons (Fsp3) is 0.700. The molecular formula is C10H19N3. The molecule has 0 aromatic rings. The van der Waals surface area contributed by atoms with Crippen molar-refractivity contribution in [1.82, 2.24) is 4.90 Å². The van der Waals surface area contributed by atoms with Crippen LogP contribution in [0, 0.1) is 10.8 Å². The Morgan fingerprint density at radius 1 is 1.54 bits per heavy atom. The molecule has 0 saturated heterocycles. The molecule has 1 aliphatic heterocycles. The molecule has 0 aromatic carbocycles. The normalized spacial score (nSPS) is 18.4. The second kappa shape index (κ2) is 3.40. The van der Waals surface area contributed by atoms with Crippen LogP contribution in [0.15, 0.2) is 11.6 Å². The topological polar surface area (TPSA) is 53.1 Å². The summed E-state index contributed by atoms with van der Waals surface area (Å²) < 4.78 is 0. The Bertz CT molecular complexity index is 235. The van der Waals surface area contributed by atoms with Gasteiger partial charge in [0.1, 0.15) is 0 Å². The van der Waals surface area contributed by atoms with Gasteiger partial charge < -0.3 is 10.6 Å². The zero-order valence-electron chi connectivity index (χ0n) is 8.72. The minimum absolute atomic E-state index is 0.184. The summed E-state index contributed by atoms with van der Waals surface area (Å²) in [6.45, 7) is 8.35. The zero-order valence-corrected chi connectivity index (χ0v) is 8.72. The standard InChI is InChI=1S/C10H19N3/c1-10(2,3)8-4-6-13(7-5-8)9(11)12/h4H,5-7H2,1-3H3,(H3,11,12). The van der Waals surface area contributed by atoms with Gasteiger partial charge in [0.05, 0.1) is 0 Å². The van der Waals surface area contributed by atoms with Gasteiger partial charge in [-0.05, 0) is 11.8 Å². The maximum absolute atomic E-state index is 7.29. The van der Waals surface area contributed by atoms with Crippen LogP contribution >= 0.6 is 0 Å². The highest BCUT2D eigenvalue weighted by Crippen LogP contribution is 2.29. The van der Waals surface area contributed by atoms with E-state index in [-0.39, 0.29) is 11.4 Å². The van der Waals surface area contributed by atoms with Crippen molar-refractivity contribution < 1.29 is 0 Å². The summed E-state index contributed by atoms with van der Waals surface area (Å²) in [5.74, 6) is 0.184. The highest BCUT2D eigenvalue weighted by molar-refractivity contribution is 5.75. The molecule has 0 atom stereocenters. The minimum Gasteiger partial charge on any atom is -0.370 e. The molecule has 0 unspecified atom stereocenters. The first kappa shape index (κ1) is 10.1. The molecule has 0 spiro atoms. The number of nitrogens with two attached hydrogens (primary N) is 1. The first-order valence-electron chi connectivity index (χ1n) is 4.70. The van der Waals surface area contributed by atoms with Crippen LogP contribution in [-0.2, 0) is 0 Å². The third kappa shape index (κ3) is 2.47. The molecular weight excluding hydrogens is 162 g/mol. The molecule has 13 heavy (non-hydrogen) atoms. The molecule has 1 heterocycles. The van der Waals surface area contributed by atoms with Gasteiger partial charge in [0.25, 0.3) is 0 Å². The Labute approximate surface area is 80.1 Å². The first-order chi connectivity index (χ1) is 5.91. The zero-order chi connectivity index (χ0) is 10.1. The molecule has 3 heteroatoms. The van der Waals surface area contributed by atoms with E-state index in [0.29, 0.717) is 0 Å². The second-order valence-corrected chi connectivity index (χ2v) is 4.56. The van der Waals surface area contributed by atoms with E-state index >= 15 is 0 Å². The van der Waals surface area contributed by atoms with Crippen LogP contribution in [0.3, 0.4) is 0 Å². The van der Waals surface area contributed by atoms with Gasteiger partial charge in [-0.2, -0.15) is 0 Å². The number of rotatable bonds is 0. The molecule has 0 aromatic heterocycles. The smallest absolute Gasteiger partial charge is 0.188 e. The van der Waals surface area contributed by atoms with Gasteiger partial charge in [-0.1, -0.05) is 32.4 Å². The summed E-state index contributed by atoms with van der Waals surface area (Å²) in [5, 5.41) is 7.29. The largest absolute Gasteiger partial charge is 0.370 e. The van der Waals surface area contributed by atoms with Crippen molar-refractivity contribution in [2.24, 2.45) is 11.1 Å². The van der Waals surface area contributed by atoms with E-state index < -0.39 is 0 Å². The molecule has 0 saturated carbocycles. The van der Waals surface area contributed by atoms with Crippen molar-refractivity contribution >= 4 is 5.96 Å². The molecule has 0 aliphatic carbocycles. The number of nitrogens with one attached hydrogen (secondary N) is 1. The number of nitrogens with zero attached hydrogens (tertiary/aromatic N) is 1. The predicted molar refractivity (Wildman–Crippen MR) is 55.6 cm³/mol. The maximum atomic E-state index is 7.29. The summed E-state index contributed by atoms with van der Waals surface area (Å²) in [7, 11) is 0. The quantitative estimate of drug-likeness (QED) is 0.338. The third-order valence-electron chi connectivity index (χ3n) is 2.51. The van der Waals surface area contributed by atoms with E-state index in [1.165, 1.54) is 5.57 Å². The summed E-state index contributed by atoms with van der Waals surface area (Å²) >= 11 is 0. The molecule has 0 bridgehead atoms. The van der Waals surface area contributed by atoms with Crippen LogP contribution in [0.2, 0.25) is 0 Å². The minimum atomic E-state index is 0.184. The molecule has 0 amide bonds. The van der Waals surface area contributed by atoms with Crippen LogP contribution in [-0.4, -0.2) is 23.9 Å². The van der Waals surface area contributed by atoms with E-state index in [1.807, 2.05) is 4.90 Å². The van der Waals surface area contributed by atoms with E-state index in [1.54, 1.807) is 0 Å². The lowest BCUT2D eigenvalue weighted by Crippen LogP contribution is -2.40. The van der Waals surface area contributed by atoms with Crippen molar-refractivity contribution in [2.45, 2.75) is 27.2 Å². The fourth-order valence-corrected chi connectivity index (χ4v) is 1.57. The molecule has 74 valence electrons. The molecule has 0 radical (unpaired) electrons. The molecule has 3 nitrogen and oxygen atoms in total. The van der Waals surface area contributed by atoms with Crippen molar-refractivity contribution in [3.05, 3.63) is 11.6 Å². The second-order valence-electron chi connectivity index (χ2n) is 4.56. The molecule has 1 aliphatic rings. The predicted octanol–water partition coefficient (Wildman–Crippen LogP) is 1.56. The van der Waals surface area contributed by atoms with Gasteiger partial charge in [-0.15, -0.1) is 0 Å². The van der Waals surface area contributed by atoms with Crippen LogP contribution in [0.4, 0.5) is 0 Å². The summed E-state index contributed by atoms with van der Waals surface area (Å²) in [4.78, 5) is 1.88.